The minimum absolute atomic E-state index is 0.00796. The van der Waals surface area contributed by atoms with Crippen LogP contribution in [0, 0.1) is 5.92 Å². The van der Waals surface area contributed by atoms with Gasteiger partial charge in [0.15, 0.2) is 0 Å². The topological polar surface area (TPSA) is 83.6 Å². The van der Waals surface area contributed by atoms with Crippen molar-refractivity contribution in [1.82, 2.24) is 4.90 Å². The first-order valence-corrected chi connectivity index (χ1v) is 7.53. The Bertz CT molecular complexity index is 350. The van der Waals surface area contributed by atoms with Gasteiger partial charge in [0.25, 0.3) is 0 Å². The van der Waals surface area contributed by atoms with E-state index in [1.807, 2.05) is 6.92 Å². The molecular weight excluding hydrogens is 252 g/mol. The van der Waals surface area contributed by atoms with Crippen LogP contribution in [0.5, 0.6) is 0 Å². The van der Waals surface area contributed by atoms with E-state index in [1.54, 1.807) is 16.7 Å². The summed E-state index contributed by atoms with van der Waals surface area (Å²) in [5.41, 5.74) is 5.95. The second-order valence-corrected chi connectivity index (χ2v) is 6.21. The smallest absolute Gasteiger partial charge is 0.327 e. The number of carboxylic acids is 1. The summed E-state index contributed by atoms with van der Waals surface area (Å²) < 4.78 is 0. The van der Waals surface area contributed by atoms with Crippen molar-refractivity contribution in [3.63, 3.8) is 0 Å². The van der Waals surface area contributed by atoms with Crippen LogP contribution < -0.4 is 5.73 Å². The van der Waals surface area contributed by atoms with Crippen LogP contribution in [-0.2, 0) is 9.59 Å². The number of hydrogen-bond acceptors (Lipinski definition) is 4. The molecule has 1 heterocycles. The van der Waals surface area contributed by atoms with Gasteiger partial charge in [-0.2, -0.15) is 0 Å². The van der Waals surface area contributed by atoms with Gasteiger partial charge in [0.05, 0.1) is 11.3 Å². The number of nitrogens with two attached hydrogens (primary N) is 1. The van der Waals surface area contributed by atoms with Crippen molar-refractivity contribution in [2.45, 2.75) is 50.1 Å². The Kier molecular flexibility index (Phi) is 4.17. The number of carbonyl (C=O) groups is 2. The lowest BCUT2D eigenvalue weighted by molar-refractivity contribution is -0.151. The van der Waals surface area contributed by atoms with Gasteiger partial charge in [-0.05, 0) is 19.3 Å². The number of thioether (sulfide) groups is 1. The highest BCUT2D eigenvalue weighted by atomic mass is 32.2. The van der Waals surface area contributed by atoms with E-state index in [9.17, 15) is 14.7 Å². The molecule has 1 saturated heterocycles. The molecule has 4 atom stereocenters. The second-order valence-electron chi connectivity index (χ2n) is 5.00. The van der Waals surface area contributed by atoms with Crippen LogP contribution in [0.25, 0.3) is 0 Å². The van der Waals surface area contributed by atoms with E-state index >= 15 is 0 Å². The van der Waals surface area contributed by atoms with Crippen LogP contribution in [0.4, 0.5) is 0 Å². The zero-order valence-electron chi connectivity index (χ0n) is 10.5. The molecule has 0 radical (unpaired) electrons. The van der Waals surface area contributed by atoms with E-state index in [4.69, 9.17) is 5.73 Å². The lowest BCUT2D eigenvalue weighted by Crippen LogP contribution is -2.50. The van der Waals surface area contributed by atoms with Gasteiger partial charge in [-0.1, -0.05) is 13.3 Å². The molecule has 1 saturated carbocycles. The molecule has 1 aliphatic carbocycles. The summed E-state index contributed by atoms with van der Waals surface area (Å²) in [4.78, 5) is 25.3. The third-order valence-corrected chi connectivity index (χ3v) is 5.32. The highest BCUT2D eigenvalue weighted by Gasteiger charge is 2.44. The number of amides is 1. The minimum atomic E-state index is -0.904. The number of carboxylic acid groups (broad SMARTS) is 1. The van der Waals surface area contributed by atoms with Crippen molar-refractivity contribution in [2.24, 2.45) is 11.7 Å². The molecule has 6 heteroatoms. The Balaban J connectivity index is 2.16. The molecule has 1 aliphatic heterocycles. The van der Waals surface area contributed by atoms with E-state index in [0.29, 0.717) is 5.75 Å². The van der Waals surface area contributed by atoms with Gasteiger partial charge >= 0.3 is 5.97 Å². The number of carbonyl (C=O) groups excluding carboxylic acids is 1. The molecule has 2 rings (SSSR count). The normalized spacial score (nSPS) is 36.0. The molecular formula is C12H20N2O3S. The van der Waals surface area contributed by atoms with E-state index < -0.39 is 12.0 Å². The average molecular weight is 272 g/mol. The van der Waals surface area contributed by atoms with Crippen LogP contribution in [0.15, 0.2) is 0 Å². The Morgan fingerprint density at radius 3 is 2.67 bits per heavy atom. The van der Waals surface area contributed by atoms with Crippen molar-refractivity contribution < 1.29 is 14.7 Å². The first kappa shape index (κ1) is 13.7. The maximum Gasteiger partial charge on any atom is 0.327 e. The molecule has 18 heavy (non-hydrogen) atoms. The van der Waals surface area contributed by atoms with Crippen molar-refractivity contribution in [2.75, 3.05) is 5.75 Å². The monoisotopic (exact) mass is 272 g/mol. The van der Waals surface area contributed by atoms with Gasteiger partial charge in [-0.25, -0.2) is 4.79 Å². The Morgan fingerprint density at radius 1 is 1.44 bits per heavy atom. The van der Waals surface area contributed by atoms with E-state index in [2.05, 4.69) is 0 Å². The summed E-state index contributed by atoms with van der Waals surface area (Å²) in [5.74, 6) is -0.649. The molecule has 0 aromatic carbocycles. The highest BCUT2D eigenvalue weighted by Crippen LogP contribution is 2.35. The van der Waals surface area contributed by atoms with Gasteiger partial charge in [-0.15, -0.1) is 11.8 Å². The number of hydrogen-bond donors (Lipinski definition) is 2. The molecule has 2 aliphatic rings. The Morgan fingerprint density at radius 2 is 2.17 bits per heavy atom. The molecule has 1 amide bonds. The van der Waals surface area contributed by atoms with Gasteiger partial charge in [0.1, 0.15) is 6.04 Å². The molecule has 0 aromatic rings. The molecule has 102 valence electrons. The third kappa shape index (κ3) is 2.36. The van der Waals surface area contributed by atoms with Gasteiger partial charge in [0, 0.05) is 11.8 Å². The quantitative estimate of drug-likeness (QED) is 0.796. The van der Waals surface area contributed by atoms with E-state index in [1.165, 1.54) is 0 Å². The van der Waals surface area contributed by atoms with Crippen molar-refractivity contribution in [3.8, 4) is 0 Å². The van der Waals surface area contributed by atoms with E-state index in [0.717, 1.165) is 25.7 Å². The van der Waals surface area contributed by atoms with Gasteiger partial charge in [-0.3, -0.25) is 4.79 Å². The summed E-state index contributed by atoms with van der Waals surface area (Å²) in [6, 6.07) is -0.782. The standard InChI is InChI=1S/C12H20N2O3S/c1-2-10-14(9(6-18-10)12(16)17)11(15)7-4-3-5-8(7)13/h7-10H,2-6,13H2,1H3,(H,16,17). The summed E-state index contributed by atoms with van der Waals surface area (Å²) in [6.45, 7) is 1.98. The van der Waals surface area contributed by atoms with Crippen LogP contribution in [0.2, 0.25) is 0 Å². The van der Waals surface area contributed by atoms with Crippen LogP contribution in [0.3, 0.4) is 0 Å². The predicted octanol–water partition coefficient (Wildman–Crippen LogP) is 0.878. The van der Waals surface area contributed by atoms with Crippen LogP contribution in [-0.4, -0.2) is 45.1 Å². The molecule has 5 nitrogen and oxygen atoms in total. The average Bonchev–Trinajstić information content (AvgIpc) is 2.93. The third-order valence-electron chi connectivity index (χ3n) is 3.87. The van der Waals surface area contributed by atoms with E-state index in [-0.39, 0.29) is 23.2 Å². The fourth-order valence-corrected chi connectivity index (χ4v) is 4.21. The Labute approximate surface area is 111 Å². The molecule has 2 fully saturated rings. The summed E-state index contributed by atoms with van der Waals surface area (Å²) >= 11 is 1.56. The SMILES string of the molecule is CCC1SCC(C(=O)O)N1C(=O)C1CCCC1N. The highest BCUT2D eigenvalue weighted by molar-refractivity contribution is 8.00. The van der Waals surface area contributed by atoms with Crippen molar-refractivity contribution in [1.29, 1.82) is 0 Å². The van der Waals surface area contributed by atoms with Gasteiger partial charge < -0.3 is 15.7 Å². The largest absolute Gasteiger partial charge is 0.480 e. The fraction of sp³-hybridized carbons (Fsp3) is 0.833. The number of aliphatic carboxylic acids is 1. The lowest BCUT2D eigenvalue weighted by atomic mass is 10.0. The Hall–Kier alpha value is -0.750. The van der Waals surface area contributed by atoms with Crippen LogP contribution in [0.1, 0.15) is 32.6 Å². The van der Waals surface area contributed by atoms with Gasteiger partial charge in [0.2, 0.25) is 5.91 Å². The summed E-state index contributed by atoms with van der Waals surface area (Å²) in [5, 5.41) is 9.21. The molecule has 0 spiro atoms. The number of nitrogens with zero attached hydrogens (tertiary/aromatic N) is 1. The minimum Gasteiger partial charge on any atom is -0.480 e. The molecule has 4 unspecified atom stereocenters. The molecule has 0 aromatic heterocycles. The molecule has 3 N–H and O–H groups in total. The first-order chi connectivity index (χ1) is 8.56. The lowest BCUT2D eigenvalue weighted by Gasteiger charge is -2.30. The summed E-state index contributed by atoms with van der Waals surface area (Å²) in [7, 11) is 0. The number of rotatable bonds is 3. The first-order valence-electron chi connectivity index (χ1n) is 6.48. The van der Waals surface area contributed by atoms with Crippen molar-refractivity contribution in [3.05, 3.63) is 0 Å². The maximum atomic E-state index is 12.5. The van der Waals surface area contributed by atoms with Crippen LogP contribution >= 0.6 is 11.8 Å². The fourth-order valence-electron chi connectivity index (χ4n) is 2.85. The maximum absolute atomic E-state index is 12.5. The van der Waals surface area contributed by atoms with Crippen molar-refractivity contribution >= 4 is 23.6 Å². The zero-order valence-corrected chi connectivity index (χ0v) is 11.4. The predicted molar refractivity (Wildman–Crippen MR) is 70.1 cm³/mol. The second kappa shape index (κ2) is 5.48. The zero-order chi connectivity index (χ0) is 13.3. The summed E-state index contributed by atoms with van der Waals surface area (Å²) in [6.07, 6.45) is 3.41. The molecule has 0 bridgehead atoms.